The van der Waals surface area contributed by atoms with E-state index in [1.807, 2.05) is 48.4 Å². The van der Waals surface area contributed by atoms with Gasteiger partial charge in [0.2, 0.25) is 5.91 Å². The maximum atomic E-state index is 13.3. The number of likely N-dealkylation sites (tertiary alicyclic amines) is 1. The molecule has 0 aliphatic carbocycles. The van der Waals surface area contributed by atoms with Crippen molar-refractivity contribution in [1.82, 2.24) is 10.2 Å². The van der Waals surface area contributed by atoms with Crippen molar-refractivity contribution in [3.63, 3.8) is 0 Å². The summed E-state index contributed by atoms with van der Waals surface area (Å²) in [5, 5.41) is 5.36. The summed E-state index contributed by atoms with van der Waals surface area (Å²) < 4.78 is 30.2. The second-order valence-corrected chi connectivity index (χ2v) is 14.0. The van der Waals surface area contributed by atoms with Crippen LogP contribution in [0, 0.1) is 6.92 Å². The van der Waals surface area contributed by atoms with E-state index in [9.17, 15) is 18.0 Å². The van der Waals surface area contributed by atoms with Crippen molar-refractivity contribution in [3.8, 4) is 11.1 Å². The summed E-state index contributed by atoms with van der Waals surface area (Å²) in [7, 11) is -3.37. The number of esters is 1. The molecule has 0 radical (unpaired) electrons. The Morgan fingerprint density at radius 3 is 2.67 bits per heavy atom. The van der Waals surface area contributed by atoms with Crippen LogP contribution in [0.4, 0.5) is 0 Å². The summed E-state index contributed by atoms with van der Waals surface area (Å²) in [6, 6.07) is 14.2. The Bertz CT molecular complexity index is 1610. The highest BCUT2D eigenvalue weighted by Crippen LogP contribution is 2.45. The fourth-order valence-electron chi connectivity index (χ4n) is 5.55. The molecule has 0 saturated carbocycles. The van der Waals surface area contributed by atoms with E-state index >= 15 is 0 Å². The highest BCUT2D eigenvalue weighted by atomic mass is 35.5. The molecular weight excluding hydrogens is 568 g/mol. The van der Waals surface area contributed by atoms with Crippen LogP contribution in [0.5, 0.6) is 0 Å². The standard InChI is InChI=1S/C30H31ClN2O5S2/c1-19-13-25(21-7-4-9-23(14-21)40(3,36)37)26(31)15-24(19)28-20(2)30(38-29(28)35)10-6-11-33(18-30)17-27(34)32-16-22-8-5-12-39-22/h4-5,7-9,12-15H,6,10-11,16-18H2,1-3H3,(H,32,34)/t30-/m0/s1. The average Bonchev–Trinajstić information content (AvgIpc) is 3.50. The van der Waals surface area contributed by atoms with Crippen molar-refractivity contribution in [2.75, 3.05) is 25.9 Å². The number of nitrogens with one attached hydrogen (secondary N) is 1. The van der Waals surface area contributed by atoms with Crippen molar-refractivity contribution in [1.29, 1.82) is 0 Å². The number of sulfone groups is 1. The molecule has 40 heavy (non-hydrogen) atoms. The van der Waals surface area contributed by atoms with Gasteiger partial charge in [-0.15, -0.1) is 11.3 Å². The minimum absolute atomic E-state index is 0.0604. The Balaban J connectivity index is 1.39. The van der Waals surface area contributed by atoms with E-state index < -0.39 is 21.4 Å². The summed E-state index contributed by atoms with van der Waals surface area (Å²) >= 11 is 8.33. The van der Waals surface area contributed by atoms with E-state index in [1.54, 1.807) is 35.6 Å². The van der Waals surface area contributed by atoms with Crippen LogP contribution in [0.3, 0.4) is 0 Å². The monoisotopic (exact) mass is 598 g/mol. The molecule has 1 amide bonds. The van der Waals surface area contributed by atoms with Gasteiger partial charge < -0.3 is 10.1 Å². The third kappa shape index (κ3) is 5.74. The number of ether oxygens (including phenoxy) is 1. The number of aryl methyl sites for hydroxylation is 1. The van der Waals surface area contributed by atoms with Crippen LogP contribution >= 0.6 is 22.9 Å². The van der Waals surface area contributed by atoms with Gasteiger partial charge in [0, 0.05) is 28.3 Å². The Morgan fingerprint density at radius 2 is 1.95 bits per heavy atom. The van der Waals surface area contributed by atoms with E-state index in [1.165, 1.54) is 6.26 Å². The number of piperidine rings is 1. The molecule has 1 aromatic heterocycles. The molecule has 1 saturated heterocycles. The van der Waals surface area contributed by atoms with Crippen LogP contribution in [-0.2, 0) is 30.7 Å². The first-order valence-corrected chi connectivity index (χ1v) is 16.2. The van der Waals surface area contributed by atoms with Gasteiger partial charge in [-0.3, -0.25) is 9.69 Å². The Morgan fingerprint density at radius 1 is 1.15 bits per heavy atom. The second-order valence-electron chi connectivity index (χ2n) is 10.5. The maximum Gasteiger partial charge on any atom is 0.339 e. The number of amides is 1. The molecule has 0 bridgehead atoms. The minimum Gasteiger partial charge on any atom is -0.450 e. The Labute approximate surface area is 243 Å². The molecule has 2 aliphatic heterocycles. The van der Waals surface area contributed by atoms with Gasteiger partial charge in [-0.05, 0) is 91.2 Å². The van der Waals surface area contributed by atoms with Crippen LogP contribution in [0.25, 0.3) is 16.7 Å². The highest BCUT2D eigenvalue weighted by molar-refractivity contribution is 7.90. The van der Waals surface area contributed by atoms with Crippen LogP contribution < -0.4 is 5.32 Å². The first kappa shape index (κ1) is 28.5. The first-order valence-electron chi connectivity index (χ1n) is 13.0. The number of nitrogens with zero attached hydrogens (tertiary/aromatic N) is 1. The van der Waals surface area contributed by atoms with Gasteiger partial charge in [-0.2, -0.15) is 0 Å². The molecule has 5 rings (SSSR count). The zero-order chi connectivity index (χ0) is 28.7. The van der Waals surface area contributed by atoms with Crippen LogP contribution in [0.2, 0.25) is 5.02 Å². The van der Waals surface area contributed by atoms with Crippen molar-refractivity contribution in [3.05, 3.63) is 80.5 Å². The molecule has 3 aromatic rings. The summed E-state index contributed by atoms with van der Waals surface area (Å²) in [5.74, 6) is -0.456. The number of thiophene rings is 1. The molecule has 0 unspecified atom stereocenters. The zero-order valence-corrected chi connectivity index (χ0v) is 25.0. The molecule has 1 spiro atoms. The molecule has 1 N–H and O–H groups in total. The van der Waals surface area contributed by atoms with Gasteiger partial charge in [0.15, 0.2) is 9.84 Å². The van der Waals surface area contributed by atoms with Gasteiger partial charge in [0.25, 0.3) is 0 Å². The van der Waals surface area contributed by atoms with Gasteiger partial charge in [-0.1, -0.05) is 29.8 Å². The smallest absolute Gasteiger partial charge is 0.339 e. The van der Waals surface area contributed by atoms with E-state index in [-0.39, 0.29) is 17.3 Å². The maximum absolute atomic E-state index is 13.3. The van der Waals surface area contributed by atoms with Gasteiger partial charge >= 0.3 is 5.97 Å². The molecule has 1 fully saturated rings. The lowest BCUT2D eigenvalue weighted by Gasteiger charge is -2.39. The summed E-state index contributed by atoms with van der Waals surface area (Å²) in [6.45, 7) is 5.77. The predicted molar refractivity (Wildman–Crippen MR) is 158 cm³/mol. The number of carbonyl (C=O) groups excluding carboxylic acids is 2. The molecular formula is C30H31ClN2O5S2. The number of rotatable bonds is 7. The number of hydrogen-bond donors (Lipinski definition) is 1. The molecule has 10 heteroatoms. The van der Waals surface area contributed by atoms with Gasteiger partial charge in [-0.25, -0.2) is 13.2 Å². The lowest BCUT2D eigenvalue weighted by Crippen LogP contribution is -2.51. The molecule has 210 valence electrons. The summed E-state index contributed by atoms with van der Waals surface area (Å²) in [6.07, 6.45) is 2.65. The lowest BCUT2D eigenvalue weighted by molar-refractivity contribution is -0.149. The van der Waals surface area contributed by atoms with E-state index in [0.29, 0.717) is 46.8 Å². The van der Waals surface area contributed by atoms with Crippen molar-refractivity contribution in [2.24, 2.45) is 0 Å². The SMILES string of the molecule is CC1=C(c2cc(Cl)c(-c3cccc(S(C)(=O)=O)c3)cc2C)C(=O)O[C@]12CCCN(CC(=O)NCc1cccs1)C2. The number of benzene rings is 2. The largest absolute Gasteiger partial charge is 0.450 e. The fourth-order valence-corrected chi connectivity index (χ4v) is 7.14. The highest BCUT2D eigenvalue weighted by Gasteiger charge is 2.48. The number of halogens is 1. The Hall–Kier alpha value is -2.98. The first-order chi connectivity index (χ1) is 19.0. The topological polar surface area (TPSA) is 92.8 Å². The second kappa shape index (κ2) is 11.1. The number of hydrogen-bond acceptors (Lipinski definition) is 7. The number of carbonyl (C=O) groups is 2. The average molecular weight is 599 g/mol. The summed E-state index contributed by atoms with van der Waals surface area (Å²) in [4.78, 5) is 29.3. The van der Waals surface area contributed by atoms with Crippen LogP contribution in [-0.4, -0.2) is 56.7 Å². The molecule has 2 aliphatic rings. The van der Waals surface area contributed by atoms with E-state index in [2.05, 4.69) is 5.32 Å². The minimum atomic E-state index is -3.37. The van der Waals surface area contributed by atoms with E-state index in [4.69, 9.17) is 16.3 Å². The quantitative estimate of drug-likeness (QED) is 0.373. The van der Waals surface area contributed by atoms with Crippen molar-refractivity contribution in [2.45, 2.75) is 43.7 Å². The third-order valence-corrected chi connectivity index (χ3v) is 9.95. The van der Waals surface area contributed by atoms with E-state index in [0.717, 1.165) is 29.0 Å². The summed E-state index contributed by atoms with van der Waals surface area (Å²) in [5.41, 5.74) is 3.43. The predicted octanol–water partition coefficient (Wildman–Crippen LogP) is 5.26. The van der Waals surface area contributed by atoms with Crippen LogP contribution in [0.1, 0.15) is 35.8 Å². The molecule has 7 nitrogen and oxygen atoms in total. The van der Waals surface area contributed by atoms with Crippen LogP contribution in [0.15, 0.2) is 64.4 Å². The Kier molecular flexibility index (Phi) is 7.94. The third-order valence-electron chi connectivity index (χ3n) is 7.65. The molecule has 1 atom stereocenters. The molecule has 3 heterocycles. The fraction of sp³-hybridized carbons (Fsp3) is 0.333. The molecule has 2 aromatic carbocycles. The normalized spacial score (nSPS) is 19.8. The van der Waals surface area contributed by atoms with Crippen molar-refractivity contribution >= 4 is 50.2 Å². The lowest BCUT2D eigenvalue weighted by atomic mass is 9.83. The van der Waals surface area contributed by atoms with Crippen molar-refractivity contribution < 1.29 is 22.7 Å². The van der Waals surface area contributed by atoms with Gasteiger partial charge in [0.05, 0.1) is 23.6 Å². The zero-order valence-electron chi connectivity index (χ0n) is 22.6. The van der Waals surface area contributed by atoms with Gasteiger partial charge in [0.1, 0.15) is 5.60 Å².